The summed E-state index contributed by atoms with van der Waals surface area (Å²) in [6.45, 7) is 2.02. The molecule has 0 radical (unpaired) electrons. The van der Waals surface area contributed by atoms with E-state index < -0.39 is 10.0 Å². The summed E-state index contributed by atoms with van der Waals surface area (Å²) in [5, 5.41) is 11.5. The zero-order chi connectivity index (χ0) is 18.3. The molecule has 0 fully saturated rings. The lowest BCUT2D eigenvalue weighted by Gasteiger charge is -2.04. The molecule has 0 aliphatic carbocycles. The molecule has 2 aromatic rings. The average molecular weight is 355 g/mol. The van der Waals surface area contributed by atoms with Gasteiger partial charge in [-0.05, 0) is 42.0 Å². The zero-order valence-corrected chi connectivity index (χ0v) is 14.4. The van der Waals surface area contributed by atoms with Gasteiger partial charge in [0.15, 0.2) is 0 Å². The highest BCUT2D eigenvalue weighted by molar-refractivity contribution is 7.89. The van der Waals surface area contributed by atoms with Crippen molar-refractivity contribution in [3.63, 3.8) is 0 Å². The van der Waals surface area contributed by atoms with Gasteiger partial charge in [0.05, 0.1) is 16.5 Å². The molecule has 2 aromatic carbocycles. The second kappa shape index (κ2) is 8.24. The number of sulfonamides is 1. The van der Waals surface area contributed by atoms with Crippen LogP contribution in [0.1, 0.15) is 18.1 Å². The molecule has 0 saturated carbocycles. The van der Waals surface area contributed by atoms with E-state index in [1.54, 1.807) is 49.4 Å². The Hall–Kier alpha value is -2.95. The first-order valence-corrected chi connectivity index (χ1v) is 9.02. The Balaban J connectivity index is 2.04. The third-order valence-electron chi connectivity index (χ3n) is 3.21. The van der Waals surface area contributed by atoms with Gasteiger partial charge in [-0.2, -0.15) is 5.26 Å². The van der Waals surface area contributed by atoms with Crippen molar-refractivity contribution in [1.29, 1.82) is 5.26 Å². The first kappa shape index (κ1) is 18.4. The third-order valence-corrected chi connectivity index (χ3v) is 4.77. The van der Waals surface area contributed by atoms with Crippen molar-refractivity contribution in [1.82, 2.24) is 4.72 Å². The van der Waals surface area contributed by atoms with E-state index in [1.807, 2.05) is 6.07 Å². The minimum atomic E-state index is -3.49. The lowest BCUT2D eigenvalue weighted by atomic mass is 10.2. The molecule has 0 aliphatic rings. The van der Waals surface area contributed by atoms with Gasteiger partial charge in [0.25, 0.3) is 0 Å². The average Bonchev–Trinajstić information content (AvgIpc) is 2.60. The smallest absolute Gasteiger partial charge is 0.248 e. The van der Waals surface area contributed by atoms with E-state index in [-0.39, 0.29) is 10.8 Å². The number of anilines is 1. The number of amides is 1. The maximum atomic E-state index is 11.9. The van der Waals surface area contributed by atoms with Gasteiger partial charge in [-0.1, -0.05) is 25.1 Å². The molecular weight excluding hydrogens is 338 g/mol. The highest BCUT2D eigenvalue weighted by atomic mass is 32.2. The Kier molecular flexibility index (Phi) is 6.06. The van der Waals surface area contributed by atoms with Gasteiger partial charge in [0, 0.05) is 18.3 Å². The monoisotopic (exact) mass is 355 g/mol. The van der Waals surface area contributed by atoms with Crippen LogP contribution >= 0.6 is 0 Å². The van der Waals surface area contributed by atoms with Gasteiger partial charge in [0.1, 0.15) is 0 Å². The van der Waals surface area contributed by atoms with E-state index in [2.05, 4.69) is 10.0 Å². The van der Waals surface area contributed by atoms with Crippen LogP contribution in [0.4, 0.5) is 5.69 Å². The molecule has 1 amide bonds. The predicted molar refractivity (Wildman–Crippen MR) is 96.1 cm³/mol. The number of benzene rings is 2. The second-order valence-corrected chi connectivity index (χ2v) is 6.85. The Morgan fingerprint density at radius 3 is 2.56 bits per heavy atom. The van der Waals surface area contributed by atoms with Crippen LogP contribution in [0.3, 0.4) is 0 Å². The van der Waals surface area contributed by atoms with Gasteiger partial charge >= 0.3 is 0 Å². The first-order chi connectivity index (χ1) is 11.9. The molecule has 0 heterocycles. The van der Waals surface area contributed by atoms with Crippen LogP contribution < -0.4 is 10.0 Å². The molecular formula is C18H17N3O3S. The number of nitrogens with zero attached hydrogens (tertiary/aromatic N) is 1. The fraction of sp³-hybridized carbons (Fsp3) is 0.111. The molecule has 0 atom stereocenters. The van der Waals surface area contributed by atoms with E-state index >= 15 is 0 Å². The zero-order valence-electron chi connectivity index (χ0n) is 13.6. The molecule has 0 aliphatic heterocycles. The van der Waals surface area contributed by atoms with Crippen LogP contribution in [0.25, 0.3) is 6.08 Å². The number of carbonyl (C=O) groups excluding carboxylic acids is 1. The fourth-order valence-electron chi connectivity index (χ4n) is 2.05. The van der Waals surface area contributed by atoms with Crippen LogP contribution in [0.5, 0.6) is 0 Å². The SMILES string of the molecule is CCNS(=O)(=O)c1ccc(/C=C/C(=O)Nc2cccc(C#N)c2)cc1. The van der Waals surface area contributed by atoms with Gasteiger partial charge < -0.3 is 5.32 Å². The minimum absolute atomic E-state index is 0.171. The number of nitriles is 1. The molecule has 25 heavy (non-hydrogen) atoms. The summed E-state index contributed by atoms with van der Waals surface area (Å²) in [5.41, 5.74) is 1.68. The molecule has 128 valence electrons. The summed E-state index contributed by atoms with van der Waals surface area (Å²) in [4.78, 5) is 12.1. The molecule has 6 nitrogen and oxygen atoms in total. The molecule has 2 rings (SSSR count). The van der Waals surface area contributed by atoms with Gasteiger partial charge in [-0.25, -0.2) is 13.1 Å². The quantitative estimate of drug-likeness (QED) is 0.778. The van der Waals surface area contributed by atoms with Crippen molar-refractivity contribution in [3.05, 3.63) is 65.7 Å². The van der Waals surface area contributed by atoms with Crippen molar-refractivity contribution >= 4 is 27.7 Å². The summed E-state index contributed by atoms with van der Waals surface area (Å²) in [7, 11) is -3.49. The van der Waals surface area contributed by atoms with E-state index in [0.717, 1.165) is 0 Å². The van der Waals surface area contributed by atoms with E-state index in [4.69, 9.17) is 5.26 Å². The number of carbonyl (C=O) groups is 1. The van der Waals surface area contributed by atoms with E-state index in [0.29, 0.717) is 23.4 Å². The first-order valence-electron chi connectivity index (χ1n) is 7.53. The lowest BCUT2D eigenvalue weighted by Crippen LogP contribution is -2.22. The lowest BCUT2D eigenvalue weighted by molar-refractivity contribution is -0.111. The Labute approximate surface area is 146 Å². The Morgan fingerprint density at radius 2 is 1.92 bits per heavy atom. The normalized spacial score (nSPS) is 11.2. The van der Waals surface area contributed by atoms with Crippen LogP contribution in [0, 0.1) is 11.3 Å². The molecule has 0 spiro atoms. The van der Waals surface area contributed by atoms with Crippen LogP contribution in [0.2, 0.25) is 0 Å². The summed E-state index contributed by atoms with van der Waals surface area (Å²) in [5.74, 6) is -0.348. The number of rotatable bonds is 6. The Bertz CT molecular complexity index is 927. The maximum Gasteiger partial charge on any atom is 0.248 e. The van der Waals surface area contributed by atoms with Gasteiger partial charge in [0.2, 0.25) is 15.9 Å². The highest BCUT2D eigenvalue weighted by Gasteiger charge is 2.11. The molecule has 0 bridgehead atoms. The van der Waals surface area contributed by atoms with E-state index in [1.165, 1.54) is 18.2 Å². The molecule has 0 aromatic heterocycles. The molecule has 2 N–H and O–H groups in total. The van der Waals surface area contributed by atoms with Crippen molar-refractivity contribution in [2.45, 2.75) is 11.8 Å². The molecule has 7 heteroatoms. The van der Waals surface area contributed by atoms with E-state index in [9.17, 15) is 13.2 Å². The van der Waals surface area contributed by atoms with Crippen molar-refractivity contribution in [3.8, 4) is 6.07 Å². The van der Waals surface area contributed by atoms with Crippen molar-refractivity contribution < 1.29 is 13.2 Å². The standard InChI is InChI=1S/C18H17N3O3S/c1-2-20-25(23,24)17-9-6-14(7-10-17)8-11-18(22)21-16-5-3-4-15(12-16)13-19/h3-12,20H,2H2,1H3,(H,21,22)/b11-8+. The van der Waals surface area contributed by atoms with Gasteiger partial charge in [-0.15, -0.1) is 0 Å². The van der Waals surface area contributed by atoms with Crippen molar-refractivity contribution in [2.75, 3.05) is 11.9 Å². The predicted octanol–water partition coefficient (Wildman–Crippen LogP) is 2.51. The van der Waals surface area contributed by atoms with Crippen LogP contribution in [-0.2, 0) is 14.8 Å². The number of nitrogens with one attached hydrogen (secondary N) is 2. The summed E-state index contributed by atoms with van der Waals surface area (Å²) < 4.78 is 26.1. The molecule has 0 saturated heterocycles. The topological polar surface area (TPSA) is 99.1 Å². The summed E-state index contributed by atoms with van der Waals surface area (Å²) in [6, 6.07) is 14.8. The second-order valence-electron chi connectivity index (χ2n) is 5.09. The number of hydrogen-bond donors (Lipinski definition) is 2. The molecule has 0 unspecified atom stereocenters. The summed E-state index contributed by atoms with van der Waals surface area (Å²) >= 11 is 0. The maximum absolute atomic E-state index is 11.9. The van der Waals surface area contributed by atoms with Crippen LogP contribution in [-0.4, -0.2) is 20.9 Å². The minimum Gasteiger partial charge on any atom is -0.322 e. The van der Waals surface area contributed by atoms with Crippen LogP contribution in [0.15, 0.2) is 59.5 Å². The van der Waals surface area contributed by atoms with Gasteiger partial charge in [-0.3, -0.25) is 4.79 Å². The summed E-state index contributed by atoms with van der Waals surface area (Å²) in [6.07, 6.45) is 2.92. The largest absolute Gasteiger partial charge is 0.322 e. The fourth-order valence-corrected chi connectivity index (χ4v) is 3.09. The third kappa shape index (κ3) is 5.28. The Morgan fingerprint density at radius 1 is 1.20 bits per heavy atom. The number of hydrogen-bond acceptors (Lipinski definition) is 4. The highest BCUT2D eigenvalue weighted by Crippen LogP contribution is 2.12. The van der Waals surface area contributed by atoms with Crippen molar-refractivity contribution in [2.24, 2.45) is 0 Å².